The van der Waals surface area contributed by atoms with Crippen LogP contribution in [-0.4, -0.2) is 58.0 Å². The van der Waals surface area contributed by atoms with Crippen molar-refractivity contribution < 1.29 is 37.5 Å². The monoisotopic (exact) mass is 410 g/mol. The van der Waals surface area contributed by atoms with E-state index in [0.29, 0.717) is 0 Å². The van der Waals surface area contributed by atoms with Crippen molar-refractivity contribution in [3.8, 4) is 0 Å². The molecule has 2 aliphatic heterocycles. The van der Waals surface area contributed by atoms with Gasteiger partial charge in [-0.25, -0.2) is 18.4 Å². The maximum Gasteiger partial charge on any atom is 0.411 e. The van der Waals surface area contributed by atoms with Crippen molar-refractivity contribution >= 4 is 23.9 Å². The third kappa shape index (κ3) is 4.20. The maximum absolute atomic E-state index is 13.9. The number of hydrogen-bond donors (Lipinski definition) is 0. The summed E-state index contributed by atoms with van der Waals surface area (Å²) in [6, 6.07) is 4.11. The third-order valence-corrected chi connectivity index (χ3v) is 4.42. The molecule has 3 amide bonds. The van der Waals surface area contributed by atoms with Crippen molar-refractivity contribution in [1.82, 2.24) is 9.96 Å². The van der Waals surface area contributed by atoms with Crippen molar-refractivity contribution in [1.29, 1.82) is 0 Å². The minimum atomic E-state index is -3.22. The second-order valence-corrected chi connectivity index (χ2v) is 7.86. The van der Waals surface area contributed by atoms with Gasteiger partial charge in [-0.05, 0) is 32.9 Å². The Balaban J connectivity index is 1.80. The largest absolute Gasteiger partial charge is 0.444 e. The number of hydrogen-bond acceptors (Lipinski definition) is 6. The number of carbonyl (C=O) groups is 4. The Hall–Kier alpha value is -3.04. The summed E-state index contributed by atoms with van der Waals surface area (Å²) in [5.74, 6) is -6.30. The van der Waals surface area contributed by atoms with Gasteiger partial charge in [0.05, 0.1) is 11.1 Å². The van der Waals surface area contributed by atoms with Gasteiger partial charge in [-0.3, -0.25) is 14.5 Å². The van der Waals surface area contributed by atoms with E-state index in [-0.39, 0.29) is 16.2 Å². The Kier molecular flexibility index (Phi) is 5.06. The highest BCUT2D eigenvalue weighted by Crippen LogP contribution is 2.34. The summed E-state index contributed by atoms with van der Waals surface area (Å²) in [5, 5.41) is 0.229. The Labute approximate surface area is 165 Å². The molecule has 29 heavy (non-hydrogen) atoms. The summed E-state index contributed by atoms with van der Waals surface area (Å²) < 4.78 is 33.1. The molecule has 2 aliphatic rings. The fourth-order valence-corrected chi connectivity index (χ4v) is 3.09. The van der Waals surface area contributed by atoms with E-state index < -0.39 is 60.8 Å². The maximum atomic E-state index is 13.9. The molecule has 0 radical (unpaired) electrons. The van der Waals surface area contributed by atoms with Crippen LogP contribution in [0.15, 0.2) is 24.3 Å². The van der Waals surface area contributed by atoms with Crippen LogP contribution in [0.5, 0.6) is 0 Å². The van der Waals surface area contributed by atoms with Gasteiger partial charge in [-0.1, -0.05) is 17.2 Å². The molecular weight excluding hydrogens is 390 g/mol. The van der Waals surface area contributed by atoms with Crippen LogP contribution < -0.4 is 0 Å². The van der Waals surface area contributed by atoms with E-state index in [1.807, 2.05) is 0 Å². The minimum absolute atomic E-state index is 0.0308. The summed E-state index contributed by atoms with van der Waals surface area (Å²) in [6.45, 7) is 4.34. The van der Waals surface area contributed by atoms with Gasteiger partial charge in [0.15, 0.2) is 0 Å². The number of rotatable bonds is 2. The number of amides is 3. The van der Waals surface area contributed by atoms with E-state index >= 15 is 0 Å². The fourth-order valence-electron chi connectivity index (χ4n) is 3.09. The van der Waals surface area contributed by atoms with Gasteiger partial charge in [0.1, 0.15) is 11.6 Å². The van der Waals surface area contributed by atoms with Gasteiger partial charge in [0, 0.05) is 19.4 Å². The summed E-state index contributed by atoms with van der Waals surface area (Å²) >= 11 is 0. The average molecular weight is 410 g/mol. The van der Waals surface area contributed by atoms with Gasteiger partial charge >= 0.3 is 12.1 Å². The predicted molar refractivity (Wildman–Crippen MR) is 93.9 cm³/mol. The Morgan fingerprint density at radius 3 is 2.17 bits per heavy atom. The smallest absolute Gasteiger partial charge is 0.411 e. The van der Waals surface area contributed by atoms with E-state index in [4.69, 9.17) is 9.57 Å². The molecule has 0 N–H and O–H groups in total. The highest BCUT2D eigenvalue weighted by atomic mass is 19.3. The molecule has 0 saturated carbocycles. The van der Waals surface area contributed by atoms with E-state index in [9.17, 15) is 28.0 Å². The molecule has 2 heterocycles. The number of benzene rings is 1. The molecule has 0 spiro atoms. The number of hydroxylamine groups is 2. The summed E-state index contributed by atoms with van der Waals surface area (Å²) in [4.78, 5) is 55.4. The zero-order valence-corrected chi connectivity index (χ0v) is 16.1. The number of carbonyl (C=O) groups excluding carboxylic acids is 4. The van der Waals surface area contributed by atoms with Crippen molar-refractivity contribution in [2.24, 2.45) is 0 Å². The molecule has 1 fully saturated rings. The number of imide groups is 1. The molecule has 1 aromatic rings. The highest BCUT2D eigenvalue weighted by molar-refractivity contribution is 6.20. The molecule has 1 unspecified atom stereocenters. The lowest BCUT2D eigenvalue weighted by molar-refractivity contribution is -0.182. The lowest BCUT2D eigenvalue weighted by atomic mass is 9.99. The molecule has 1 saturated heterocycles. The first-order valence-corrected chi connectivity index (χ1v) is 8.97. The van der Waals surface area contributed by atoms with Crippen LogP contribution in [0.1, 0.15) is 54.3 Å². The molecule has 10 heteroatoms. The fraction of sp³-hybridized carbons (Fsp3) is 0.474. The van der Waals surface area contributed by atoms with Gasteiger partial charge in [-0.2, -0.15) is 0 Å². The zero-order chi connectivity index (χ0) is 21.6. The third-order valence-electron chi connectivity index (χ3n) is 4.42. The average Bonchev–Trinajstić information content (AvgIpc) is 2.84. The Morgan fingerprint density at radius 2 is 1.66 bits per heavy atom. The molecule has 1 atom stereocenters. The lowest BCUT2D eigenvalue weighted by Crippen LogP contribution is -2.55. The first-order valence-electron chi connectivity index (χ1n) is 8.97. The second-order valence-electron chi connectivity index (χ2n) is 7.86. The Morgan fingerprint density at radius 1 is 1.10 bits per heavy atom. The number of fused-ring (bicyclic) bond motifs is 1. The SMILES string of the molecule is CC(C)(C)OC(=O)N1CCC(F)(F)CC1C(=O)ON1C(=O)c2ccccc2C1=O. The van der Waals surface area contributed by atoms with Crippen LogP contribution in [-0.2, 0) is 14.4 Å². The van der Waals surface area contributed by atoms with Crippen molar-refractivity contribution in [2.75, 3.05) is 6.54 Å². The molecule has 8 nitrogen and oxygen atoms in total. The van der Waals surface area contributed by atoms with Crippen molar-refractivity contribution in [3.63, 3.8) is 0 Å². The van der Waals surface area contributed by atoms with Crippen LogP contribution in [0.4, 0.5) is 13.6 Å². The Bertz CT molecular complexity index is 845. The van der Waals surface area contributed by atoms with Gasteiger partial charge in [0.25, 0.3) is 17.7 Å². The molecule has 156 valence electrons. The van der Waals surface area contributed by atoms with Crippen molar-refractivity contribution in [3.05, 3.63) is 35.4 Å². The molecule has 0 aliphatic carbocycles. The number of nitrogens with zero attached hydrogens (tertiary/aromatic N) is 2. The quantitative estimate of drug-likeness (QED) is 0.696. The lowest BCUT2D eigenvalue weighted by Gasteiger charge is -2.38. The van der Waals surface area contributed by atoms with Crippen molar-refractivity contribution in [2.45, 2.75) is 51.2 Å². The number of piperidine rings is 1. The normalized spacial score (nSPS) is 21.1. The van der Waals surface area contributed by atoms with E-state index in [2.05, 4.69) is 0 Å². The summed E-state index contributed by atoms with van der Waals surface area (Å²) in [7, 11) is 0. The summed E-state index contributed by atoms with van der Waals surface area (Å²) in [5.41, 5.74) is -0.847. The van der Waals surface area contributed by atoms with Crippen LogP contribution in [0.2, 0.25) is 0 Å². The number of likely N-dealkylation sites (tertiary alicyclic amines) is 1. The van der Waals surface area contributed by atoms with Crippen LogP contribution in [0.3, 0.4) is 0 Å². The van der Waals surface area contributed by atoms with Crippen LogP contribution >= 0.6 is 0 Å². The second kappa shape index (κ2) is 7.09. The predicted octanol–water partition coefficient (Wildman–Crippen LogP) is 2.78. The van der Waals surface area contributed by atoms with Gasteiger partial charge < -0.3 is 9.57 Å². The number of alkyl halides is 2. The van der Waals surface area contributed by atoms with E-state index in [1.165, 1.54) is 24.3 Å². The molecule has 0 bridgehead atoms. The number of halogens is 2. The first-order chi connectivity index (χ1) is 13.4. The standard InChI is InChI=1S/C19H20F2N2O6/c1-18(2,3)28-17(27)22-9-8-19(20,21)10-13(22)16(26)29-23-14(24)11-6-4-5-7-12(11)15(23)25/h4-7,13H,8-10H2,1-3H3. The van der Waals surface area contributed by atoms with Crippen LogP contribution in [0, 0.1) is 0 Å². The molecule has 3 rings (SSSR count). The van der Waals surface area contributed by atoms with E-state index in [1.54, 1.807) is 20.8 Å². The first kappa shape index (κ1) is 20.7. The highest BCUT2D eigenvalue weighted by Gasteiger charge is 2.49. The molecular formula is C19H20F2N2O6. The zero-order valence-electron chi connectivity index (χ0n) is 16.1. The van der Waals surface area contributed by atoms with Gasteiger partial charge in [-0.15, -0.1) is 0 Å². The molecule has 1 aromatic carbocycles. The minimum Gasteiger partial charge on any atom is -0.444 e. The van der Waals surface area contributed by atoms with E-state index in [0.717, 1.165) is 4.90 Å². The number of ether oxygens (including phenoxy) is 1. The topological polar surface area (TPSA) is 93.2 Å². The summed E-state index contributed by atoms with van der Waals surface area (Å²) in [6.07, 6.45) is -2.62. The van der Waals surface area contributed by atoms with Crippen LogP contribution in [0.25, 0.3) is 0 Å². The van der Waals surface area contributed by atoms with Gasteiger partial charge in [0.2, 0.25) is 0 Å². The molecule has 0 aromatic heterocycles.